The normalized spacial score (nSPS) is 11.1. The van der Waals surface area contributed by atoms with Crippen LogP contribution < -0.4 is 5.69 Å². The average molecular weight is 251 g/mol. The monoisotopic (exact) mass is 251 g/mol. The summed E-state index contributed by atoms with van der Waals surface area (Å²) in [6.45, 7) is 9.76. The fourth-order valence-electron chi connectivity index (χ4n) is 2.08. The minimum Gasteiger partial charge on any atom is -0.336 e. The molecule has 18 heavy (non-hydrogen) atoms. The minimum atomic E-state index is -0.388. The molecular formula is C13H21N3O2. The number of amides is 1. The Bertz CT molecular complexity index is 469. The second kappa shape index (κ2) is 5.80. The van der Waals surface area contributed by atoms with Crippen LogP contribution in [0.1, 0.15) is 33.3 Å². The van der Waals surface area contributed by atoms with E-state index in [-0.39, 0.29) is 30.2 Å². The molecule has 1 amide bonds. The predicted octanol–water partition coefficient (Wildman–Crippen LogP) is 1.20. The molecule has 0 spiro atoms. The first-order chi connectivity index (χ1) is 8.32. The van der Waals surface area contributed by atoms with Gasteiger partial charge in [-0.1, -0.05) is 0 Å². The highest BCUT2D eigenvalue weighted by Gasteiger charge is 2.20. The molecule has 5 nitrogen and oxygen atoms in total. The topological polar surface area (TPSA) is 55.2 Å². The molecule has 0 bridgehead atoms. The molecule has 1 heterocycles. The molecule has 0 aliphatic rings. The molecular weight excluding hydrogens is 230 g/mol. The summed E-state index contributed by atoms with van der Waals surface area (Å²) in [5.74, 6) is -0.0606. The molecule has 1 aromatic rings. The van der Waals surface area contributed by atoms with Crippen LogP contribution in [-0.2, 0) is 11.3 Å². The van der Waals surface area contributed by atoms with Gasteiger partial charge in [0.1, 0.15) is 6.54 Å². The first-order valence-corrected chi connectivity index (χ1v) is 6.17. The summed E-state index contributed by atoms with van der Waals surface area (Å²) in [5, 5.41) is 0. The van der Waals surface area contributed by atoms with E-state index in [0.717, 1.165) is 5.56 Å². The molecule has 0 atom stereocenters. The van der Waals surface area contributed by atoms with Crippen molar-refractivity contribution >= 4 is 5.91 Å². The third-order valence-corrected chi connectivity index (χ3v) is 2.69. The van der Waals surface area contributed by atoms with Crippen molar-refractivity contribution in [2.24, 2.45) is 0 Å². The maximum Gasteiger partial charge on any atom is 0.347 e. The van der Waals surface area contributed by atoms with Gasteiger partial charge in [-0.15, -0.1) is 0 Å². The van der Waals surface area contributed by atoms with Crippen LogP contribution >= 0.6 is 0 Å². The highest BCUT2D eigenvalue weighted by molar-refractivity contribution is 5.76. The van der Waals surface area contributed by atoms with E-state index in [4.69, 9.17) is 0 Å². The number of carbonyl (C=O) groups is 1. The quantitative estimate of drug-likeness (QED) is 0.808. The highest BCUT2D eigenvalue weighted by Crippen LogP contribution is 2.06. The largest absolute Gasteiger partial charge is 0.347 e. The maximum atomic E-state index is 12.2. The number of hydrogen-bond donors (Lipinski definition) is 0. The lowest BCUT2D eigenvalue weighted by molar-refractivity contribution is -0.135. The third kappa shape index (κ3) is 3.42. The lowest BCUT2D eigenvalue weighted by atomic mass is 10.2. The van der Waals surface area contributed by atoms with Crippen LogP contribution in [0.25, 0.3) is 0 Å². The molecule has 100 valence electrons. The molecule has 1 rings (SSSR count). The Morgan fingerprint density at radius 3 is 2.39 bits per heavy atom. The Morgan fingerprint density at radius 2 is 1.89 bits per heavy atom. The van der Waals surface area contributed by atoms with Gasteiger partial charge in [0.2, 0.25) is 5.91 Å². The fraction of sp³-hybridized carbons (Fsp3) is 0.615. The van der Waals surface area contributed by atoms with E-state index >= 15 is 0 Å². The lowest BCUT2D eigenvalue weighted by Gasteiger charge is -2.31. The summed E-state index contributed by atoms with van der Waals surface area (Å²) in [4.78, 5) is 29.2. The molecule has 0 N–H and O–H groups in total. The number of carbonyl (C=O) groups excluding carboxylic acids is 1. The number of rotatable bonds is 4. The van der Waals surface area contributed by atoms with Gasteiger partial charge in [-0.3, -0.25) is 9.36 Å². The zero-order valence-electron chi connectivity index (χ0n) is 11.7. The van der Waals surface area contributed by atoms with E-state index in [1.54, 1.807) is 11.1 Å². The van der Waals surface area contributed by atoms with Crippen molar-refractivity contribution in [3.8, 4) is 0 Å². The second-order valence-electron chi connectivity index (χ2n) is 5.03. The summed E-state index contributed by atoms with van der Waals surface area (Å²) >= 11 is 0. The summed E-state index contributed by atoms with van der Waals surface area (Å²) in [7, 11) is 0. The van der Waals surface area contributed by atoms with Crippen LogP contribution in [0.4, 0.5) is 0 Å². The maximum absolute atomic E-state index is 12.2. The molecule has 0 radical (unpaired) electrons. The van der Waals surface area contributed by atoms with E-state index < -0.39 is 0 Å². The van der Waals surface area contributed by atoms with Crippen LogP contribution in [0.5, 0.6) is 0 Å². The van der Waals surface area contributed by atoms with Gasteiger partial charge in [0.15, 0.2) is 0 Å². The van der Waals surface area contributed by atoms with E-state index in [1.165, 1.54) is 10.8 Å². The zero-order chi connectivity index (χ0) is 13.9. The summed E-state index contributed by atoms with van der Waals surface area (Å²) in [5.41, 5.74) is 0.476. The Labute approximate surface area is 107 Å². The highest BCUT2D eigenvalue weighted by atomic mass is 16.2. The number of hydrogen-bond acceptors (Lipinski definition) is 3. The van der Waals surface area contributed by atoms with Gasteiger partial charge < -0.3 is 4.90 Å². The van der Waals surface area contributed by atoms with Crippen molar-refractivity contribution in [3.05, 3.63) is 28.4 Å². The molecule has 0 saturated heterocycles. The Balaban J connectivity index is 2.93. The molecule has 0 saturated carbocycles. The first kappa shape index (κ1) is 14.4. The van der Waals surface area contributed by atoms with Crippen molar-refractivity contribution in [3.63, 3.8) is 0 Å². The molecule has 0 unspecified atom stereocenters. The molecule has 0 aromatic carbocycles. The second-order valence-corrected chi connectivity index (χ2v) is 5.03. The Morgan fingerprint density at radius 1 is 1.33 bits per heavy atom. The fourth-order valence-corrected chi connectivity index (χ4v) is 2.08. The Kier molecular flexibility index (Phi) is 4.64. The van der Waals surface area contributed by atoms with Gasteiger partial charge in [-0.05, 0) is 40.2 Å². The molecule has 1 aromatic heterocycles. The molecule has 0 fully saturated rings. The molecule has 5 heteroatoms. The van der Waals surface area contributed by atoms with Gasteiger partial charge >= 0.3 is 5.69 Å². The van der Waals surface area contributed by atoms with Gasteiger partial charge in [0.25, 0.3) is 0 Å². The van der Waals surface area contributed by atoms with Crippen LogP contribution in [-0.4, -0.2) is 32.4 Å². The SMILES string of the molecule is Cc1cnc(=O)n(CC(=O)N(C(C)C)C(C)C)c1. The summed E-state index contributed by atoms with van der Waals surface area (Å²) in [6.07, 6.45) is 3.16. The third-order valence-electron chi connectivity index (χ3n) is 2.69. The molecule has 0 aliphatic heterocycles. The van der Waals surface area contributed by atoms with Crippen molar-refractivity contribution in [1.82, 2.24) is 14.5 Å². The van der Waals surface area contributed by atoms with Crippen LogP contribution in [0.15, 0.2) is 17.2 Å². The Hall–Kier alpha value is -1.65. The number of nitrogens with zero attached hydrogens (tertiary/aromatic N) is 3. The lowest BCUT2D eigenvalue weighted by Crippen LogP contribution is -2.45. The van der Waals surface area contributed by atoms with Crippen molar-refractivity contribution in [1.29, 1.82) is 0 Å². The van der Waals surface area contributed by atoms with Crippen molar-refractivity contribution in [2.45, 2.75) is 53.2 Å². The summed E-state index contributed by atoms with van der Waals surface area (Å²) in [6, 6.07) is 0.233. The standard InChI is InChI=1S/C13H21N3O2/c1-9(2)16(10(3)4)12(17)8-15-7-11(5)6-14-13(15)18/h6-7,9-10H,8H2,1-5H3. The summed E-state index contributed by atoms with van der Waals surface area (Å²) < 4.78 is 1.36. The smallest absolute Gasteiger partial charge is 0.336 e. The van der Waals surface area contributed by atoms with Crippen LogP contribution in [0.3, 0.4) is 0 Å². The minimum absolute atomic E-state index is 0.0455. The molecule has 0 aliphatic carbocycles. The predicted molar refractivity (Wildman–Crippen MR) is 70.4 cm³/mol. The van der Waals surface area contributed by atoms with Gasteiger partial charge in [-0.25, -0.2) is 9.78 Å². The van der Waals surface area contributed by atoms with Crippen molar-refractivity contribution < 1.29 is 4.79 Å². The number of aromatic nitrogens is 2. The zero-order valence-corrected chi connectivity index (χ0v) is 11.7. The average Bonchev–Trinajstić information content (AvgIpc) is 2.22. The van der Waals surface area contributed by atoms with E-state index in [9.17, 15) is 9.59 Å². The van der Waals surface area contributed by atoms with Crippen LogP contribution in [0.2, 0.25) is 0 Å². The van der Waals surface area contributed by atoms with Crippen LogP contribution in [0, 0.1) is 6.92 Å². The first-order valence-electron chi connectivity index (χ1n) is 6.17. The van der Waals surface area contributed by atoms with Gasteiger partial charge in [0.05, 0.1) is 0 Å². The van der Waals surface area contributed by atoms with E-state index in [0.29, 0.717) is 0 Å². The van der Waals surface area contributed by atoms with E-state index in [2.05, 4.69) is 4.98 Å². The van der Waals surface area contributed by atoms with Gasteiger partial charge in [0, 0.05) is 24.5 Å². The number of aryl methyl sites for hydroxylation is 1. The van der Waals surface area contributed by atoms with Crippen molar-refractivity contribution in [2.75, 3.05) is 0 Å². The van der Waals surface area contributed by atoms with Gasteiger partial charge in [-0.2, -0.15) is 0 Å². The van der Waals surface area contributed by atoms with E-state index in [1.807, 2.05) is 34.6 Å².